The number of rotatable bonds is 1. The second kappa shape index (κ2) is 4.91. The monoisotopic (exact) mass is 348 g/mol. The minimum absolute atomic E-state index is 0.179. The van der Waals surface area contributed by atoms with Crippen LogP contribution in [-0.2, 0) is 6.18 Å². The van der Waals surface area contributed by atoms with Crippen molar-refractivity contribution < 1.29 is 13.2 Å². The van der Waals surface area contributed by atoms with Gasteiger partial charge in [-0.15, -0.1) is 0 Å². The molecule has 1 aromatic rings. The first-order valence-corrected chi connectivity index (χ1v) is 7.55. The summed E-state index contributed by atoms with van der Waals surface area (Å²) in [6.07, 6.45) is -0.545. The first-order valence-electron chi connectivity index (χ1n) is 6.76. The maximum absolute atomic E-state index is 12.9. The molecule has 0 radical (unpaired) electrons. The minimum atomic E-state index is -4.32. The summed E-state index contributed by atoms with van der Waals surface area (Å²) in [5.74, 6) is 0. The Balaban J connectivity index is 1.97. The fourth-order valence-electron chi connectivity index (χ4n) is 3.53. The van der Waals surface area contributed by atoms with Gasteiger partial charge in [-0.1, -0.05) is 15.9 Å². The highest BCUT2D eigenvalue weighted by atomic mass is 79.9. The lowest BCUT2D eigenvalue weighted by Crippen LogP contribution is -2.47. The molecule has 3 rings (SSSR count). The zero-order valence-electron chi connectivity index (χ0n) is 10.8. The van der Waals surface area contributed by atoms with Crippen molar-refractivity contribution in [3.8, 4) is 0 Å². The van der Waals surface area contributed by atoms with Crippen molar-refractivity contribution in [1.82, 2.24) is 0 Å². The summed E-state index contributed by atoms with van der Waals surface area (Å²) in [6.45, 7) is 0. The van der Waals surface area contributed by atoms with E-state index in [4.69, 9.17) is 5.73 Å². The van der Waals surface area contributed by atoms with E-state index < -0.39 is 11.7 Å². The number of hydrogen-bond acceptors (Lipinski definition) is 2. The van der Waals surface area contributed by atoms with Gasteiger partial charge < -0.3 is 10.6 Å². The van der Waals surface area contributed by atoms with Crippen molar-refractivity contribution in [1.29, 1.82) is 0 Å². The van der Waals surface area contributed by atoms with E-state index in [1.807, 2.05) is 0 Å². The van der Waals surface area contributed by atoms with Crippen LogP contribution in [0.4, 0.5) is 18.9 Å². The van der Waals surface area contributed by atoms with Gasteiger partial charge in [0, 0.05) is 28.3 Å². The molecule has 2 heterocycles. The molecule has 2 nitrogen and oxygen atoms in total. The summed E-state index contributed by atoms with van der Waals surface area (Å²) in [5.41, 5.74) is 6.07. The molecule has 20 heavy (non-hydrogen) atoms. The topological polar surface area (TPSA) is 29.3 Å². The Morgan fingerprint density at radius 2 is 1.70 bits per heavy atom. The Kier molecular flexibility index (Phi) is 3.49. The van der Waals surface area contributed by atoms with E-state index in [0.29, 0.717) is 10.2 Å². The Labute approximate surface area is 124 Å². The van der Waals surface area contributed by atoms with Crippen molar-refractivity contribution in [2.45, 2.75) is 50.0 Å². The molecule has 2 unspecified atom stereocenters. The number of nitrogens with zero attached hydrogens (tertiary/aromatic N) is 1. The van der Waals surface area contributed by atoms with Crippen LogP contribution in [0.3, 0.4) is 0 Å². The Morgan fingerprint density at radius 3 is 2.25 bits per heavy atom. The molecule has 0 aromatic heterocycles. The van der Waals surface area contributed by atoms with Gasteiger partial charge in [0.15, 0.2) is 0 Å². The second-order valence-electron chi connectivity index (χ2n) is 5.72. The van der Waals surface area contributed by atoms with Crippen LogP contribution in [0.25, 0.3) is 0 Å². The molecule has 0 amide bonds. The summed E-state index contributed by atoms with van der Waals surface area (Å²) in [6, 6.07) is 4.89. The van der Waals surface area contributed by atoms with E-state index in [9.17, 15) is 13.2 Å². The highest BCUT2D eigenvalue weighted by Gasteiger charge is 2.40. The van der Waals surface area contributed by atoms with Gasteiger partial charge in [-0.3, -0.25) is 0 Å². The number of benzene rings is 1. The predicted octanol–water partition coefficient (Wildman–Crippen LogP) is 3.93. The molecule has 2 N–H and O–H groups in total. The Bertz CT molecular complexity index is 504. The largest absolute Gasteiger partial charge is 0.416 e. The van der Waals surface area contributed by atoms with Gasteiger partial charge in [0.2, 0.25) is 0 Å². The molecule has 0 spiro atoms. The van der Waals surface area contributed by atoms with Crippen LogP contribution in [0.2, 0.25) is 0 Å². The molecule has 2 bridgehead atoms. The van der Waals surface area contributed by atoms with E-state index in [-0.39, 0.29) is 18.1 Å². The minimum Gasteiger partial charge on any atom is -0.365 e. The molecular weight excluding hydrogens is 333 g/mol. The van der Waals surface area contributed by atoms with Gasteiger partial charge in [0.05, 0.1) is 5.56 Å². The fourth-order valence-corrected chi connectivity index (χ4v) is 4.01. The third kappa shape index (κ3) is 2.55. The lowest BCUT2D eigenvalue weighted by molar-refractivity contribution is -0.137. The number of halogens is 4. The smallest absolute Gasteiger partial charge is 0.365 e. The summed E-state index contributed by atoms with van der Waals surface area (Å²) >= 11 is 3.19. The molecule has 0 aliphatic carbocycles. The second-order valence-corrected chi connectivity index (χ2v) is 6.64. The number of fused-ring (bicyclic) bond motifs is 2. The quantitative estimate of drug-likeness (QED) is 0.833. The molecule has 2 saturated heterocycles. The molecule has 0 saturated carbocycles. The zero-order valence-corrected chi connectivity index (χ0v) is 12.4. The van der Waals surface area contributed by atoms with E-state index in [2.05, 4.69) is 20.8 Å². The number of hydrogen-bond donors (Lipinski definition) is 1. The summed E-state index contributed by atoms with van der Waals surface area (Å²) in [4.78, 5) is 2.14. The third-order valence-electron chi connectivity index (χ3n) is 4.28. The molecule has 6 heteroatoms. The lowest BCUT2D eigenvalue weighted by Gasteiger charge is -2.39. The normalized spacial score (nSPS) is 29.9. The van der Waals surface area contributed by atoms with Crippen LogP contribution < -0.4 is 10.6 Å². The van der Waals surface area contributed by atoms with Gasteiger partial charge in [-0.05, 0) is 43.9 Å². The first kappa shape index (κ1) is 14.2. The van der Waals surface area contributed by atoms with Gasteiger partial charge in [-0.2, -0.15) is 13.2 Å². The standard InChI is InChI=1S/C14H16BrF3N2/c15-9-3-8(14(16,17)18)4-13(5-9)20-11-1-2-12(20)7-10(19)6-11/h3-5,10-12H,1-2,6-7,19H2. The predicted molar refractivity (Wildman–Crippen MR) is 75.6 cm³/mol. The molecule has 2 fully saturated rings. The zero-order chi connectivity index (χ0) is 14.5. The van der Waals surface area contributed by atoms with Crippen LogP contribution in [0, 0.1) is 0 Å². The number of nitrogens with two attached hydrogens (primary N) is 1. The van der Waals surface area contributed by atoms with Gasteiger partial charge in [0.1, 0.15) is 0 Å². The molecule has 2 atom stereocenters. The van der Waals surface area contributed by atoms with Crippen LogP contribution in [0.1, 0.15) is 31.2 Å². The van der Waals surface area contributed by atoms with Crippen LogP contribution >= 0.6 is 15.9 Å². The van der Waals surface area contributed by atoms with Gasteiger partial charge in [-0.25, -0.2) is 0 Å². The average molecular weight is 349 g/mol. The lowest BCUT2D eigenvalue weighted by atomic mass is 9.97. The van der Waals surface area contributed by atoms with E-state index in [0.717, 1.165) is 31.7 Å². The van der Waals surface area contributed by atoms with Crippen molar-refractivity contribution in [3.05, 3.63) is 28.2 Å². The Hall–Kier alpha value is -0.750. The summed E-state index contributed by atoms with van der Waals surface area (Å²) < 4.78 is 39.3. The molecule has 2 aliphatic rings. The third-order valence-corrected chi connectivity index (χ3v) is 4.74. The van der Waals surface area contributed by atoms with Crippen molar-refractivity contribution >= 4 is 21.6 Å². The summed E-state index contributed by atoms with van der Waals surface area (Å²) in [7, 11) is 0. The van der Waals surface area contributed by atoms with E-state index >= 15 is 0 Å². The highest BCUT2D eigenvalue weighted by Crippen LogP contribution is 2.42. The summed E-state index contributed by atoms with van der Waals surface area (Å²) in [5, 5.41) is 0. The van der Waals surface area contributed by atoms with Crippen LogP contribution in [0.15, 0.2) is 22.7 Å². The van der Waals surface area contributed by atoms with Crippen molar-refractivity contribution in [3.63, 3.8) is 0 Å². The average Bonchev–Trinajstić information content (AvgIpc) is 2.60. The van der Waals surface area contributed by atoms with E-state index in [1.165, 1.54) is 6.07 Å². The van der Waals surface area contributed by atoms with Gasteiger partial charge in [0.25, 0.3) is 0 Å². The van der Waals surface area contributed by atoms with Crippen LogP contribution in [-0.4, -0.2) is 18.1 Å². The maximum Gasteiger partial charge on any atom is 0.416 e. The van der Waals surface area contributed by atoms with Crippen molar-refractivity contribution in [2.75, 3.05) is 4.90 Å². The molecule has 1 aromatic carbocycles. The van der Waals surface area contributed by atoms with E-state index in [1.54, 1.807) is 6.07 Å². The number of alkyl halides is 3. The SMILES string of the molecule is NC1CC2CCC(C1)N2c1cc(Br)cc(C(F)(F)F)c1. The van der Waals surface area contributed by atoms with Gasteiger partial charge >= 0.3 is 6.18 Å². The number of piperidine rings is 1. The molecular formula is C14H16BrF3N2. The highest BCUT2D eigenvalue weighted by molar-refractivity contribution is 9.10. The molecule has 2 aliphatic heterocycles. The molecule has 110 valence electrons. The van der Waals surface area contributed by atoms with Crippen LogP contribution in [0.5, 0.6) is 0 Å². The number of anilines is 1. The Morgan fingerprint density at radius 1 is 1.10 bits per heavy atom. The van der Waals surface area contributed by atoms with Crippen molar-refractivity contribution in [2.24, 2.45) is 5.73 Å². The maximum atomic E-state index is 12.9. The fraction of sp³-hybridized carbons (Fsp3) is 0.571. The first-order chi connectivity index (χ1) is 9.34.